The molecule has 0 bridgehead atoms. The highest BCUT2D eigenvalue weighted by Crippen LogP contribution is 2.18. The molecule has 1 aliphatic rings. The maximum atomic E-state index is 11.7. The second-order valence-corrected chi connectivity index (χ2v) is 3.84. The molecule has 0 aromatic carbocycles. The van der Waals surface area contributed by atoms with Crippen molar-refractivity contribution in [3.05, 3.63) is 11.9 Å². The van der Waals surface area contributed by atoms with E-state index in [1.54, 1.807) is 0 Å². The van der Waals surface area contributed by atoms with Gasteiger partial charge in [-0.2, -0.15) is 8.75 Å². The van der Waals surface area contributed by atoms with Gasteiger partial charge >= 0.3 is 0 Å². The summed E-state index contributed by atoms with van der Waals surface area (Å²) in [7, 11) is 0. The minimum atomic E-state index is 0.0266. The molecule has 0 spiro atoms. The van der Waals surface area contributed by atoms with E-state index in [0.717, 1.165) is 31.1 Å². The summed E-state index contributed by atoms with van der Waals surface area (Å²) >= 11 is 1.08. The van der Waals surface area contributed by atoms with E-state index < -0.39 is 0 Å². The maximum absolute atomic E-state index is 11.7. The SMILES string of the molecule is CC1CCCN1C(=O)c1cnsn1. The average molecular weight is 197 g/mol. The Morgan fingerprint density at radius 1 is 1.77 bits per heavy atom. The number of rotatable bonds is 1. The first-order valence-corrected chi connectivity index (χ1v) is 5.10. The summed E-state index contributed by atoms with van der Waals surface area (Å²) in [6, 6.07) is 0.356. The van der Waals surface area contributed by atoms with Gasteiger partial charge in [-0.05, 0) is 19.8 Å². The molecule has 1 unspecified atom stereocenters. The van der Waals surface area contributed by atoms with Crippen LogP contribution < -0.4 is 0 Å². The number of amides is 1. The van der Waals surface area contributed by atoms with Crippen molar-refractivity contribution >= 4 is 17.6 Å². The Morgan fingerprint density at radius 2 is 2.62 bits per heavy atom. The zero-order valence-corrected chi connectivity index (χ0v) is 8.25. The van der Waals surface area contributed by atoms with E-state index in [2.05, 4.69) is 15.7 Å². The van der Waals surface area contributed by atoms with Gasteiger partial charge in [0.2, 0.25) is 0 Å². The fraction of sp³-hybridized carbons (Fsp3) is 0.625. The van der Waals surface area contributed by atoms with Gasteiger partial charge in [0.1, 0.15) is 0 Å². The summed E-state index contributed by atoms with van der Waals surface area (Å²) in [5.74, 6) is 0.0266. The fourth-order valence-electron chi connectivity index (χ4n) is 1.64. The number of carbonyl (C=O) groups excluding carboxylic acids is 1. The normalized spacial score (nSPS) is 22.2. The number of carbonyl (C=O) groups is 1. The first-order valence-electron chi connectivity index (χ1n) is 4.37. The highest BCUT2D eigenvalue weighted by Gasteiger charge is 2.27. The predicted molar refractivity (Wildman–Crippen MR) is 49.6 cm³/mol. The molecule has 4 nitrogen and oxygen atoms in total. The van der Waals surface area contributed by atoms with Gasteiger partial charge in [-0.15, -0.1) is 0 Å². The highest BCUT2D eigenvalue weighted by molar-refractivity contribution is 6.99. The van der Waals surface area contributed by atoms with Crippen LogP contribution in [0.1, 0.15) is 30.3 Å². The number of hydrogen-bond acceptors (Lipinski definition) is 4. The summed E-state index contributed by atoms with van der Waals surface area (Å²) < 4.78 is 7.76. The zero-order chi connectivity index (χ0) is 9.26. The van der Waals surface area contributed by atoms with Crippen LogP contribution in [-0.4, -0.2) is 32.1 Å². The molecule has 1 aromatic rings. The number of nitrogens with zero attached hydrogens (tertiary/aromatic N) is 3. The lowest BCUT2D eigenvalue weighted by Crippen LogP contribution is -2.33. The lowest BCUT2D eigenvalue weighted by Gasteiger charge is -2.19. The number of aromatic nitrogens is 2. The van der Waals surface area contributed by atoms with Crippen molar-refractivity contribution in [3.63, 3.8) is 0 Å². The molecule has 1 aliphatic heterocycles. The Morgan fingerprint density at radius 3 is 3.15 bits per heavy atom. The van der Waals surface area contributed by atoms with Crippen molar-refractivity contribution in [2.45, 2.75) is 25.8 Å². The Labute approximate surface area is 80.9 Å². The van der Waals surface area contributed by atoms with Gasteiger partial charge in [0, 0.05) is 12.6 Å². The van der Waals surface area contributed by atoms with Gasteiger partial charge in [0.05, 0.1) is 17.9 Å². The van der Waals surface area contributed by atoms with Crippen LogP contribution in [0.25, 0.3) is 0 Å². The second kappa shape index (κ2) is 3.41. The van der Waals surface area contributed by atoms with Crippen molar-refractivity contribution in [2.75, 3.05) is 6.54 Å². The van der Waals surface area contributed by atoms with Crippen molar-refractivity contribution < 1.29 is 4.79 Å². The van der Waals surface area contributed by atoms with E-state index >= 15 is 0 Å². The molecule has 1 aromatic heterocycles. The van der Waals surface area contributed by atoms with Crippen molar-refractivity contribution in [3.8, 4) is 0 Å². The van der Waals surface area contributed by atoms with Crippen LogP contribution in [-0.2, 0) is 0 Å². The molecule has 1 fully saturated rings. The summed E-state index contributed by atoms with van der Waals surface area (Å²) in [6.07, 6.45) is 3.74. The average Bonchev–Trinajstić information content (AvgIpc) is 2.72. The van der Waals surface area contributed by atoms with Gasteiger partial charge in [0.15, 0.2) is 5.69 Å². The zero-order valence-electron chi connectivity index (χ0n) is 7.43. The minimum absolute atomic E-state index is 0.0266. The van der Waals surface area contributed by atoms with Crippen molar-refractivity contribution in [2.24, 2.45) is 0 Å². The van der Waals surface area contributed by atoms with Crippen LogP contribution >= 0.6 is 11.7 Å². The van der Waals surface area contributed by atoms with E-state index in [1.165, 1.54) is 6.20 Å². The van der Waals surface area contributed by atoms with Crippen LogP contribution in [0.3, 0.4) is 0 Å². The molecule has 1 saturated heterocycles. The predicted octanol–water partition coefficient (Wildman–Crippen LogP) is 1.16. The molecule has 5 heteroatoms. The molecule has 0 aliphatic carbocycles. The van der Waals surface area contributed by atoms with Crippen LogP contribution in [0.4, 0.5) is 0 Å². The molecular formula is C8H11N3OS. The Hall–Kier alpha value is -0.970. The Kier molecular flexibility index (Phi) is 2.26. The molecule has 0 N–H and O–H groups in total. The topological polar surface area (TPSA) is 46.1 Å². The first kappa shape index (κ1) is 8.62. The third-order valence-electron chi connectivity index (χ3n) is 2.39. The molecule has 0 saturated carbocycles. The van der Waals surface area contributed by atoms with E-state index in [0.29, 0.717) is 11.7 Å². The number of hydrogen-bond donors (Lipinski definition) is 0. The number of likely N-dealkylation sites (tertiary alicyclic amines) is 1. The maximum Gasteiger partial charge on any atom is 0.275 e. The monoisotopic (exact) mass is 197 g/mol. The highest BCUT2D eigenvalue weighted by atomic mass is 32.1. The van der Waals surface area contributed by atoms with E-state index in [1.807, 2.05) is 4.90 Å². The molecule has 13 heavy (non-hydrogen) atoms. The van der Waals surface area contributed by atoms with Crippen LogP contribution in [0.15, 0.2) is 6.20 Å². The molecule has 2 rings (SSSR count). The van der Waals surface area contributed by atoms with Gasteiger partial charge < -0.3 is 4.90 Å². The molecule has 70 valence electrons. The minimum Gasteiger partial charge on any atom is -0.335 e. The Bertz CT molecular complexity index is 298. The first-order chi connectivity index (χ1) is 6.29. The fourth-order valence-corrected chi connectivity index (χ4v) is 2.05. The third kappa shape index (κ3) is 1.56. The van der Waals surface area contributed by atoms with Gasteiger partial charge in [-0.25, -0.2) is 0 Å². The standard InChI is InChI=1S/C8H11N3OS/c1-6-3-2-4-11(6)8(12)7-5-9-13-10-7/h5-6H,2-4H2,1H3. The second-order valence-electron chi connectivity index (χ2n) is 3.28. The van der Waals surface area contributed by atoms with Crippen LogP contribution in [0, 0.1) is 0 Å². The smallest absolute Gasteiger partial charge is 0.275 e. The van der Waals surface area contributed by atoms with Crippen molar-refractivity contribution in [1.29, 1.82) is 0 Å². The van der Waals surface area contributed by atoms with Gasteiger partial charge in [-0.1, -0.05) is 0 Å². The molecule has 1 atom stereocenters. The molecule has 0 radical (unpaired) electrons. The quantitative estimate of drug-likeness (QED) is 0.678. The Balaban J connectivity index is 2.13. The lowest BCUT2D eigenvalue weighted by molar-refractivity contribution is 0.0742. The third-order valence-corrected chi connectivity index (χ3v) is 2.87. The summed E-state index contributed by atoms with van der Waals surface area (Å²) in [4.78, 5) is 13.6. The van der Waals surface area contributed by atoms with E-state index in [9.17, 15) is 4.79 Å². The van der Waals surface area contributed by atoms with Crippen LogP contribution in [0.5, 0.6) is 0 Å². The van der Waals surface area contributed by atoms with E-state index in [-0.39, 0.29) is 5.91 Å². The summed E-state index contributed by atoms with van der Waals surface area (Å²) in [6.45, 7) is 2.93. The molecule has 2 heterocycles. The summed E-state index contributed by atoms with van der Waals surface area (Å²) in [5.41, 5.74) is 0.485. The summed E-state index contributed by atoms with van der Waals surface area (Å²) in [5, 5.41) is 0. The largest absolute Gasteiger partial charge is 0.335 e. The molecule has 1 amide bonds. The van der Waals surface area contributed by atoms with Gasteiger partial charge in [-0.3, -0.25) is 4.79 Å². The van der Waals surface area contributed by atoms with Crippen molar-refractivity contribution in [1.82, 2.24) is 13.6 Å². The molecular weight excluding hydrogens is 186 g/mol. The van der Waals surface area contributed by atoms with Crippen LogP contribution in [0.2, 0.25) is 0 Å². The van der Waals surface area contributed by atoms with Gasteiger partial charge in [0.25, 0.3) is 5.91 Å². The lowest BCUT2D eigenvalue weighted by atomic mass is 10.2. The van der Waals surface area contributed by atoms with E-state index in [4.69, 9.17) is 0 Å².